The molecule has 1 unspecified atom stereocenters. The molecule has 2 N–H and O–H groups in total. The molecule has 1 aliphatic rings. The minimum atomic E-state index is -0.379. The van der Waals surface area contributed by atoms with E-state index < -0.39 is 0 Å². The van der Waals surface area contributed by atoms with Gasteiger partial charge in [-0.25, -0.2) is 4.79 Å². The monoisotopic (exact) mass is 305 g/mol. The Morgan fingerprint density at radius 2 is 2.33 bits per heavy atom. The number of nitrogens with two attached hydrogens (primary N) is 1. The largest absolute Gasteiger partial charge is 0.385 e. The molecule has 0 bridgehead atoms. The summed E-state index contributed by atoms with van der Waals surface area (Å²) in [7, 11) is 0. The Morgan fingerprint density at radius 3 is 2.94 bits per heavy atom. The van der Waals surface area contributed by atoms with Crippen molar-refractivity contribution in [3.05, 3.63) is 33.8 Å². The number of benzene rings is 1. The van der Waals surface area contributed by atoms with Crippen molar-refractivity contribution < 1.29 is 4.79 Å². The SMILES string of the molecule is C#CCN1C(=O)N=C(N)C1c1ccc(Br)c(C)c1. The topological polar surface area (TPSA) is 58.7 Å². The smallest absolute Gasteiger partial charge is 0.346 e. The molecule has 18 heavy (non-hydrogen) atoms. The van der Waals surface area contributed by atoms with Crippen molar-refractivity contribution in [1.29, 1.82) is 0 Å². The molecule has 92 valence electrons. The van der Waals surface area contributed by atoms with E-state index in [2.05, 4.69) is 26.8 Å². The first kappa shape index (κ1) is 12.7. The second kappa shape index (κ2) is 4.83. The summed E-state index contributed by atoms with van der Waals surface area (Å²) < 4.78 is 1.01. The Kier molecular flexibility index (Phi) is 3.39. The number of amidine groups is 1. The van der Waals surface area contributed by atoms with Gasteiger partial charge in [0, 0.05) is 4.47 Å². The second-order valence-corrected chi connectivity index (χ2v) is 4.92. The van der Waals surface area contributed by atoms with E-state index >= 15 is 0 Å². The average molecular weight is 306 g/mol. The first-order valence-corrected chi connectivity index (χ1v) is 6.18. The second-order valence-electron chi connectivity index (χ2n) is 4.06. The van der Waals surface area contributed by atoms with E-state index in [-0.39, 0.29) is 24.5 Å². The summed E-state index contributed by atoms with van der Waals surface area (Å²) >= 11 is 3.44. The number of amides is 2. The van der Waals surface area contributed by atoms with Crippen molar-refractivity contribution in [2.24, 2.45) is 10.7 Å². The summed E-state index contributed by atoms with van der Waals surface area (Å²) in [6.07, 6.45) is 5.27. The van der Waals surface area contributed by atoms with Crippen LogP contribution in [0, 0.1) is 19.3 Å². The van der Waals surface area contributed by atoms with Crippen LogP contribution in [0.3, 0.4) is 0 Å². The number of carbonyl (C=O) groups is 1. The Morgan fingerprint density at radius 1 is 1.61 bits per heavy atom. The first-order chi connectivity index (χ1) is 8.54. The number of hydrogen-bond donors (Lipinski definition) is 1. The summed E-state index contributed by atoms with van der Waals surface area (Å²) in [6, 6.07) is 5.07. The van der Waals surface area contributed by atoms with Crippen LogP contribution in [0.15, 0.2) is 27.7 Å². The molecule has 0 spiro atoms. The van der Waals surface area contributed by atoms with Gasteiger partial charge in [-0.2, -0.15) is 4.99 Å². The molecule has 1 aromatic carbocycles. The molecule has 0 fully saturated rings. The molecule has 0 aliphatic carbocycles. The van der Waals surface area contributed by atoms with Gasteiger partial charge in [0.1, 0.15) is 11.9 Å². The van der Waals surface area contributed by atoms with Crippen LogP contribution in [-0.4, -0.2) is 23.3 Å². The van der Waals surface area contributed by atoms with Crippen molar-refractivity contribution >= 4 is 27.8 Å². The number of halogens is 1. The zero-order chi connectivity index (χ0) is 13.3. The predicted molar refractivity (Wildman–Crippen MR) is 74.2 cm³/mol. The van der Waals surface area contributed by atoms with E-state index in [0.717, 1.165) is 15.6 Å². The maximum absolute atomic E-state index is 11.7. The van der Waals surface area contributed by atoms with Gasteiger partial charge < -0.3 is 5.73 Å². The minimum absolute atomic E-state index is 0.197. The highest BCUT2D eigenvalue weighted by molar-refractivity contribution is 9.10. The number of rotatable bonds is 2. The van der Waals surface area contributed by atoms with Gasteiger partial charge in [-0.05, 0) is 24.1 Å². The molecule has 1 aliphatic heterocycles. The number of carbonyl (C=O) groups excluding carboxylic acids is 1. The summed E-state index contributed by atoms with van der Waals surface area (Å²) in [5, 5.41) is 0. The van der Waals surface area contributed by atoms with Crippen molar-refractivity contribution in [2.75, 3.05) is 6.54 Å². The molecular weight excluding hydrogens is 294 g/mol. The van der Waals surface area contributed by atoms with Crippen LogP contribution in [0.4, 0.5) is 4.79 Å². The van der Waals surface area contributed by atoms with E-state index in [1.54, 1.807) is 0 Å². The van der Waals surface area contributed by atoms with Gasteiger partial charge in [0.15, 0.2) is 0 Å². The molecule has 0 aromatic heterocycles. The molecular formula is C13H12BrN3O. The molecule has 0 saturated carbocycles. The lowest BCUT2D eigenvalue weighted by Gasteiger charge is -2.22. The van der Waals surface area contributed by atoms with Gasteiger partial charge in [-0.15, -0.1) is 6.42 Å². The Hall–Kier alpha value is -1.80. The molecule has 1 atom stereocenters. The highest BCUT2D eigenvalue weighted by Crippen LogP contribution is 2.29. The van der Waals surface area contributed by atoms with Gasteiger partial charge in [0.25, 0.3) is 0 Å². The first-order valence-electron chi connectivity index (χ1n) is 5.38. The number of nitrogens with zero attached hydrogens (tertiary/aromatic N) is 2. The highest BCUT2D eigenvalue weighted by Gasteiger charge is 2.33. The van der Waals surface area contributed by atoms with Crippen LogP contribution in [0.2, 0.25) is 0 Å². The Bertz CT molecular complexity index is 574. The van der Waals surface area contributed by atoms with Crippen LogP contribution in [-0.2, 0) is 0 Å². The number of aliphatic imine (C=N–C) groups is 1. The maximum Gasteiger partial charge on any atom is 0.346 e. The van der Waals surface area contributed by atoms with Crippen molar-refractivity contribution in [2.45, 2.75) is 13.0 Å². The quantitative estimate of drug-likeness (QED) is 0.852. The summed E-state index contributed by atoms with van der Waals surface area (Å²) in [6.45, 7) is 2.17. The van der Waals surface area contributed by atoms with E-state index in [9.17, 15) is 4.79 Å². The summed E-state index contributed by atoms with van der Waals surface area (Å²) in [5.74, 6) is 2.74. The van der Waals surface area contributed by atoms with Gasteiger partial charge in [0.2, 0.25) is 0 Å². The van der Waals surface area contributed by atoms with Crippen molar-refractivity contribution in [1.82, 2.24) is 4.90 Å². The van der Waals surface area contributed by atoms with Crippen LogP contribution in [0.1, 0.15) is 17.2 Å². The minimum Gasteiger partial charge on any atom is -0.385 e. The van der Waals surface area contributed by atoms with Gasteiger partial charge in [-0.3, -0.25) is 4.90 Å². The lowest BCUT2D eigenvalue weighted by atomic mass is 10.0. The maximum atomic E-state index is 11.7. The molecule has 2 rings (SSSR count). The lowest BCUT2D eigenvalue weighted by molar-refractivity contribution is 0.213. The third kappa shape index (κ3) is 2.12. The molecule has 1 heterocycles. The zero-order valence-corrected chi connectivity index (χ0v) is 11.4. The van der Waals surface area contributed by atoms with E-state index in [0.29, 0.717) is 0 Å². The Balaban J connectivity index is 2.41. The fourth-order valence-corrected chi connectivity index (χ4v) is 2.20. The average Bonchev–Trinajstić information content (AvgIpc) is 2.59. The van der Waals surface area contributed by atoms with Crippen LogP contribution in [0.5, 0.6) is 0 Å². The molecule has 5 heteroatoms. The van der Waals surface area contributed by atoms with Gasteiger partial charge in [-0.1, -0.05) is 34.0 Å². The third-order valence-electron chi connectivity index (χ3n) is 2.82. The molecule has 4 nitrogen and oxygen atoms in total. The summed E-state index contributed by atoms with van der Waals surface area (Å²) in [5.41, 5.74) is 7.80. The number of terminal acetylenes is 1. The number of urea groups is 1. The van der Waals surface area contributed by atoms with E-state index in [4.69, 9.17) is 12.2 Å². The van der Waals surface area contributed by atoms with E-state index in [1.807, 2.05) is 25.1 Å². The number of hydrogen-bond acceptors (Lipinski definition) is 2. The van der Waals surface area contributed by atoms with Gasteiger partial charge >= 0.3 is 6.03 Å². The fourth-order valence-electron chi connectivity index (χ4n) is 1.95. The van der Waals surface area contributed by atoms with Gasteiger partial charge in [0.05, 0.1) is 6.54 Å². The fraction of sp³-hybridized carbons (Fsp3) is 0.231. The predicted octanol–water partition coefficient (Wildman–Crippen LogP) is 2.22. The number of aryl methyl sites for hydroxylation is 1. The Labute approximate surface area is 114 Å². The van der Waals surface area contributed by atoms with Crippen molar-refractivity contribution in [3.8, 4) is 12.3 Å². The normalized spacial score (nSPS) is 18.7. The zero-order valence-electron chi connectivity index (χ0n) is 9.85. The molecule has 1 aromatic rings. The van der Waals surface area contributed by atoms with Crippen molar-refractivity contribution in [3.63, 3.8) is 0 Å². The standard InChI is InChI=1S/C13H12BrN3O/c1-3-6-17-11(12(15)16-13(17)18)9-4-5-10(14)8(2)7-9/h1,4-5,7,11H,6H2,2H3,(H2,15,16,18). The van der Waals surface area contributed by atoms with E-state index in [1.165, 1.54) is 4.90 Å². The molecule has 2 amide bonds. The molecule has 0 saturated heterocycles. The molecule has 0 radical (unpaired) electrons. The highest BCUT2D eigenvalue weighted by atomic mass is 79.9. The van der Waals surface area contributed by atoms with Crippen LogP contribution in [0.25, 0.3) is 0 Å². The van der Waals surface area contributed by atoms with Crippen LogP contribution >= 0.6 is 15.9 Å². The lowest BCUT2D eigenvalue weighted by Crippen LogP contribution is -2.33. The summed E-state index contributed by atoms with van der Waals surface area (Å²) in [4.78, 5) is 16.9. The van der Waals surface area contributed by atoms with Crippen LogP contribution < -0.4 is 5.73 Å². The third-order valence-corrected chi connectivity index (χ3v) is 3.71.